The molecule has 0 radical (unpaired) electrons. The summed E-state index contributed by atoms with van der Waals surface area (Å²) < 4.78 is 11.4. The molecule has 0 bridgehead atoms. The molecule has 1 saturated heterocycles. The predicted molar refractivity (Wildman–Crippen MR) is 169 cm³/mol. The van der Waals surface area contributed by atoms with Crippen molar-refractivity contribution in [3.05, 3.63) is 119 Å². The maximum atomic E-state index is 13.9. The number of β-lactam (4-membered cyclic amide) rings is 1. The van der Waals surface area contributed by atoms with Gasteiger partial charge in [-0.3, -0.25) is 14.5 Å². The lowest BCUT2D eigenvalue weighted by molar-refractivity contribution is -0.154. The molecule has 1 fully saturated rings. The first kappa shape index (κ1) is 32.2. The number of hydrogen-bond acceptors (Lipinski definition) is 9. The van der Waals surface area contributed by atoms with Gasteiger partial charge in [-0.1, -0.05) is 119 Å². The summed E-state index contributed by atoms with van der Waals surface area (Å²) in [6.07, 6.45) is -0.732. The minimum Gasteiger partial charge on any atom is -0.448 e. The SMILES string of the molecule is COCC1=C(C(=O)OC(c2ccccc2)c2ccccc2)N2C(=O)[C@@H](NC(=O)/C(=N/OC(=O)C(Cl)Cl)c3ccccc3)[C@H]2SC1. The smallest absolute Gasteiger partial charge is 0.367 e. The number of carbonyl (C=O) groups is 4. The summed E-state index contributed by atoms with van der Waals surface area (Å²) in [6, 6.07) is 25.8. The van der Waals surface area contributed by atoms with Crippen molar-refractivity contribution >= 4 is 64.4 Å². The molecule has 0 unspecified atom stereocenters. The molecule has 232 valence electrons. The van der Waals surface area contributed by atoms with Gasteiger partial charge in [-0.15, -0.1) is 11.8 Å². The number of esters is 1. The highest BCUT2D eigenvalue weighted by molar-refractivity contribution is 8.00. The molecule has 3 aromatic carbocycles. The maximum absolute atomic E-state index is 13.9. The van der Waals surface area contributed by atoms with Crippen LogP contribution in [-0.2, 0) is 33.5 Å². The fourth-order valence-corrected chi connectivity index (χ4v) is 6.27. The zero-order valence-electron chi connectivity index (χ0n) is 23.8. The second-order valence-electron chi connectivity index (χ2n) is 9.87. The van der Waals surface area contributed by atoms with Crippen molar-refractivity contribution in [2.45, 2.75) is 22.4 Å². The van der Waals surface area contributed by atoms with Gasteiger partial charge in [-0.25, -0.2) is 9.59 Å². The van der Waals surface area contributed by atoms with Crippen LogP contribution in [0.1, 0.15) is 22.8 Å². The molecule has 10 nitrogen and oxygen atoms in total. The molecule has 1 N–H and O–H groups in total. The van der Waals surface area contributed by atoms with Crippen molar-refractivity contribution in [2.75, 3.05) is 19.5 Å². The van der Waals surface area contributed by atoms with Gasteiger partial charge in [0.2, 0.25) is 4.84 Å². The largest absolute Gasteiger partial charge is 0.448 e. The van der Waals surface area contributed by atoms with Gasteiger partial charge in [0, 0.05) is 18.4 Å². The number of benzene rings is 3. The molecule has 2 atom stereocenters. The average molecular weight is 669 g/mol. The summed E-state index contributed by atoms with van der Waals surface area (Å²) in [5.74, 6) is -2.72. The quantitative estimate of drug-likeness (QED) is 0.0799. The number of hydrogen-bond donors (Lipinski definition) is 1. The number of amides is 2. The lowest BCUT2D eigenvalue weighted by atomic mass is 10.0. The number of oxime groups is 1. The third kappa shape index (κ3) is 7.23. The first-order chi connectivity index (χ1) is 21.8. The summed E-state index contributed by atoms with van der Waals surface area (Å²) in [5, 5.41) is 5.73. The summed E-state index contributed by atoms with van der Waals surface area (Å²) in [6.45, 7) is 0.102. The average Bonchev–Trinajstić information content (AvgIpc) is 3.07. The number of rotatable bonds is 11. The molecular weight excluding hydrogens is 641 g/mol. The highest BCUT2D eigenvalue weighted by atomic mass is 35.5. The van der Waals surface area contributed by atoms with E-state index in [0.29, 0.717) is 16.9 Å². The lowest BCUT2D eigenvalue weighted by Gasteiger charge is -2.49. The van der Waals surface area contributed by atoms with E-state index in [-0.39, 0.29) is 18.0 Å². The second-order valence-corrected chi connectivity index (χ2v) is 12.1. The minimum atomic E-state index is -1.51. The normalized spacial score (nSPS) is 17.9. The van der Waals surface area contributed by atoms with Crippen LogP contribution in [0.2, 0.25) is 0 Å². The van der Waals surface area contributed by atoms with E-state index < -0.39 is 46.1 Å². The van der Waals surface area contributed by atoms with Gasteiger partial charge >= 0.3 is 11.9 Å². The number of thioether (sulfide) groups is 1. The van der Waals surface area contributed by atoms with E-state index in [0.717, 1.165) is 11.1 Å². The van der Waals surface area contributed by atoms with Crippen LogP contribution in [0.3, 0.4) is 0 Å². The summed E-state index contributed by atoms with van der Waals surface area (Å²) in [5.41, 5.74) is 2.23. The van der Waals surface area contributed by atoms with Crippen LogP contribution >= 0.6 is 35.0 Å². The number of alkyl halides is 2. The fourth-order valence-electron chi connectivity index (χ4n) is 4.87. The first-order valence-electron chi connectivity index (χ1n) is 13.7. The molecule has 0 saturated carbocycles. The second kappa shape index (κ2) is 14.7. The van der Waals surface area contributed by atoms with Crippen molar-refractivity contribution in [2.24, 2.45) is 5.16 Å². The first-order valence-corrected chi connectivity index (χ1v) is 15.6. The van der Waals surface area contributed by atoms with Gasteiger partial charge in [0.1, 0.15) is 17.1 Å². The minimum absolute atomic E-state index is 0.0779. The Balaban J connectivity index is 1.39. The predicted octanol–water partition coefficient (Wildman–Crippen LogP) is 4.37. The Morgan fingerprint density at radius 3 is 2.09 bits per heavy atom. The van der Waals surface area contributed by atoms with E-state index in [2.05, 4.69) is 10.5 Å². The zero-order valence-corrected chi connectivity index (χ0v) is 26.1. The molecule has 13 heteroatoms. The molecular formula is C32H27Cl2N3O7S. The summed E-state index contributed by atoms with van der Waals surface area (Å²) in [4.78, 5) is 57.3. The highest BCUT2D eigenvalue weighted by Crippen LogP contribution is 2.41. The molecule has 3 aromatic rings. The van der Waals surface area contributed by atoms with E-state index in [1.165, 1.54) is 23.8 Å². The monoisotopic (exact) mass is 667 g/mol. The van der Waals surface area contributed by atoms with Crippen LogP contribution in [0.25, 0.3) is 0 Å². The molecule has 0 aromatic heterocycles. The van der Waals surface area contributed by atoms with Gasteiger partial charge in [0.05, 0.1) is 6.61 Å². The Morgan fingerprint density at radius 1 is 0.956 bits per heavy atom. The molecule has 2 amide bonds. The van der Waals surface area contributed by atoms with Gasteiger partial charge in [-0.05, 0) is 16.7 Å². The van der Waals surface area contributed by atoms with Crippen molar-refractivity contribution < 1.29 is 33.5 Å². The Morgan fingerprint density at radius 2 is 1.53 bits per heavy atom. The van der Waals surface area contributed by atoms with Crippen LogP contribution in [0.4, 0.5) is 0 Å². The van der Waals surface area contributed by atoms with E-state index in [1.54, 1.807) is 30.3 Å². The molecule has 2 aliphatic heterocycles. The van der Waals surface area contributed by atoms with Gasteiger partial charge in [-0.2, -0.15) is 0 Å². The Labute approximate surface area is 273 Å². The van der Waals surface area contributed by atoms with Gasteiger partial charge in [0.15, 0.2) is 11.8 Å². The van der Waals surface area contributed by atoms with Gasteiger partial charge < -0.3 is 19.6 Å². The molecule has 2 aliphatic rings. The van der Waals surface area contributed by atoms with E-state index in [9.17, 15) is 19.2 Å². The lowest BCUT2D eigenvalue weighted by Crippen LogP contribution is -2.71. The number of methoxy groups -OCH3 is 1. The van der Waals surface area contributed by atoms with E-state index >= 15 is 0 Å². The Hall–Kier alpha value is -4.16. The number of nitrogens with zero attached hydrogens (tertiary/aromatic N) is 2. The summed E-state index contributed by atoms with van der Waals surface area (Å²) >= 11 is 12.4. The van der Waals surface area contributed by atoms with Crippen LogP contribution in [0, 0.1) is 0 Å². The fraction of sp³-hybridized carbons (Fsp3) is 0.219. The third-order valence-electron chi connectivity index (χ3n) is 6.94. The molecule has 2 heterocycles. The van der Waals surface area contributed by atoms with Crippen LogP contribution in [0.5, 0.6) is 0 Å². The maximum Gasteiger partial charge on any atom is 0.367 e. The number of fused-ring (bicyclic) bond motifs is 1. The summed E-state index contributed by atoms with van der Waals surface area (Å²) in [7, 11) is 1.50. The molecule has 5 rings (SSSR count). The standard InChI is InChI=1S/C32H27Cl2N3O7S/c1-42-17-22-18-45-30-24(35-28(38)23(19-11-5-2-6-12-19)36-44-32(41)27(33)34)29(39)37(30)25(22)31(40)43-26(20-13-7-3-8-14-20)21-15-9-4-10-16-21/h2-16,24,26-27,30H,17-18H2,1H3,(H,35,38)/b36-23+/t24-,30-/m1/s1. The van der Waals surface area contributed by atoms with E-state index in [1.807, 2.05) is 60.7 Å². The highest BCUT2D eigenvalue weighted by Gasteiger charge is 2.55. The number of halogens is 2. The third-order valence-corrected chi connectivity index (χ3v) is 8.64. The van der Waals surface area contributed by atoms with Crippen molar-refractivity contribution in [1.29, 1.82) is 0 Å². The van der Waals surface area contributed by atoms with Crippen molar-refractivity contribution in [3.63, 3.8) is 0 Å². The Bertz CT molecular complexity index is 1580. The Kier molecular flexibility index (Phi) is 10.6. The topological polar surface area (TPSA) is 124 Å². The van der Waals surface area contributed by atoms with Crippen molar-refractivity contribution in [1.82, 2.24) is 10.2 Å². The number of carbonyl (C=O) groups excluding carboxylic acids is 4. The van der Waals surface area contributed by atoms with Crippen LogP contribution < -0.4 is 5.32 Å². The molecule has 0 spiro atoms. The number of nitrogens with one attached hydrogen (secondary N) is 1. The van der Waals surface area contributed by atoms with Crippen molar-refractivity contribution in [3.8, 4) is 0 Å². The van der Waals surface area contributed by atoms with Gasteiger partial charge in [0.25, 0.3) is 11.8 Å². The zero-order chi connectivity index (χ0) is 31.9. The van der Waals surface area contributed by atoms with E-state index in [4.69, 9.17) is 37.5 Å². The molecule has 0 aliphatic carbocycles. The number of ether oxygens (including phenoxy) is 2. The molecule has 45 heavy (non-hydrogen) atoms. The van der Waals surface area contributed by atoms with Crippen LogP contribution in [0.15, 0.2) is 107 Å². The van der Waals surface area contributed by atoms with Crippen LogP contribution in [-0.4, -0.2) is 70.1 Å².